The van der Waals surface area contributed by atoms with E-state index in [-0.39, 0.29) is 24.4 Å². The molecule has 2 fully saturated rings. The molecule has 4 aromatic heterocycles. The molecule has 0 aliphatic carbocycles. The van der Waals surface area contributed by atoms with E-state index in [0.29, 0.717) is 22.7 Å². The van der Waals surface area contributed by atoms with Gasteiger partial charge in [0.2, 0.25) is 14.5 Å². The third-order valence-corrected chi connectivity index (χ3v) is 9.03. The van der Waals surface area contributed by atoms with Crippen molar-refractivity contribution in [3.05, 3.63) is 25.3 Å². The SMILES string of the molecule is O=[PH](S)O[C@H]1[C@@H](F)[C@H](n2cnc3c(NCC#CCNc4ncnc5c4ncn5[C@@H]4OC(CO)[C@@H](O[PH](=O)S)[C@H]4F)ncnc32)O[C@@H]1CO. The summed E-state index contributed by atoms with van der Waals surface area (Å²) in [4.78, 5) is 25.3. The highest BCUT2D eigenvalue weighted by Gasteiger charge is 2.49. The summed E-state index contributed by atoms with van der Waals surface area (Å²) in [6.07, 6.45) is -5.64. The molecule has 2 aliphatic rings. The number of thiol groups is 2. The Hall–Kier alpha value is -2.96. The van der Waals surface area contributed by atoms with Gasteiger partial charge in [0, 0.05) is 0 Å². The Morgan fingerprint density at radius 1 is 0.771 bits per heavy atom. The summed E-state index contributed by atoms with van der Waals surface area (Å²) in [7, 11) is -5.60. The maximum Gasteiger partial charge on any atom is 0.243 e. The van der Waals surface area contributed by atoms with Crippen molar-refractivity contribution in [3.63, 3.8) is 0 Å². The Bertz CT molecular complexity index is 1750. The quantitative estimate of drug-likeness (QED) is 0.0684. The third kappa shape index (κ3) is 7.03. The van der Waals surface area contributed by atoms with Crippen LogP contribution in [0.1, 0.15) is 12.5 Å². The molecule has 0 spiro atoms. The number of aliphatic hydroxyl groups is 2. The first kappa shape index (κ1) is 34.9. The normalized spacial score (nSPS) is 28.4. The topological polar surface area (TPSA) is 223 Å². The lowest BCUT2D eigenvalue weighted by Gasteiger charge is -2.16. The Balaban J connectivity index is 1.08. The predicted octanol–water partition coefficient (Wildman–Crippen LogP) is 1.36. The van der Waals surface area contributed by atoms with E-state index >= 15 is 8.78 Å². The van der Waals surface area contributed by atoms with Gasteiger partial charge >= 0.3 is 0 Å². The Labute approximate surface area is 281 Å². The average Bonchev–Trinajstić information content (AvgIpc) is 3.83. The van der Waals surface area contributed by atoms with E-state index in [1.165, 1.54) is 34.4 Å². The standard InChI is InChI=1S/C24H28F2N10O8P2S2/c25-13-17(43-45(39)47)11(5-37)41-23(13)35-9-33-15-19(29-7-31-21(15)35)27-3-1-2-4-28-20-16-22(32-8-30-20)36(10-34-16)24-14(26)18(44-46(40)48)12(6-38)42-24/h7-14,17-18,23-24,37-38,45-46H,3-6H2,(H,39,47)(H,40,48)(H,27,29,31)(H,28,30,32)/t11-,12?,13-,14-,17-,18-,23-,24-/m1/s1. The number of hydrogen-bond donors (Lipinski definition) is 6. The zero-order valence-corrected chi connectivity index (χ0v) is 28.1. The molecule has 4 N–H and O–H groups in total. The number of fused-ring (bicyclic) bond motifs is 2. The molecule has 258 valence electrons. The predicted molar refractivity (Wildman–Crippen MR) is 173 cm³/mol. The lowest BCUT2D eigenvalue weighted by atomic mass is 10.1. The molecule has 2 aliphatic heterocycles. The third-order valence-electron chi connectivity index (χ3n) is 7.45. The molecule has 2 saturated heterocycles. The summed E-state index contributed by atoms with van der Waals surface area (Å²) in [5, 5.41) is 25.3. The minimum Gasteiger partial charge on any atom is -0.394 e. The summed E-state index contributed by atoms with van der Waals surface area (Å²) in [5.74, 6) is 6.49. The van der Waals surface area contributed by atoms with Gasteiger partial charge in [-0.15, -0.1) is 0 Å². The van der Waals surface area contributed by atoms with E-state index < -0.39 is 76.9 Å². The number of hydrogen-bond acceptors (Lipinski definition) is 16. The maximum absolute atomic E-state index is 15.2. The summed E-state index contributed by atoms with van der Waals surface area (Å²) < 4.78 is 77.5. The highest BCUT2D eigenvalue weighted by atomic mass is 32.7. The maximum atomic E-state index is 15.2. The lowest BCUT2D eigenvalue weighted by molar-refractivity contribution is -0.0427. The first-order chi connectivity index (χ1) is 23.2. The van der Waals surface area contributed by atoms with Crippen LogP contribution in [0.5, 0.6) is 0 Å². The zero-order valence-electron chi connectivity index (χ0n) is 24.3. The van der Waals surface area contributed by atoms with Crippen molar-refractivity contribution in [2.24, 2.45) is 0 Å². The van der Waals surface area contributed by atoms with Gasteiger partial charge in [0.1, 0.15) is 37.1 Å². The number of anilines is 2. The summed E-state index contributed by atoms with van der Waals surface area (Å²) in [6, 6.07) is 0. The molecule has 0 amide bonds. The molecule has 48 heavy (non-hydrogen) atoms. The minimum absolute atomic E-state index is 0.142. The summed E-state index contributed by atoms with van der Waals surface area (Å²) >= 11 is 7.41. The van der Waals surface area contributed by atoms with Crippen LogP contribution in [0.3, 0.4) is 0 Å². The Morgan fingerprint density at radius 3 is 1.56 bits per heavy atom. The van der Waals surface area contributed by atoms with Crippen LogP contribution in [0, 0.1) is 11.8 Å². The van der Waals surface area contributed by atoms with Gasteiger partial charge in [-0.05, 0) is 0 Å². The monoisotopic (exact) mass is 748 g/mol. The fraction of sp³-hybridized carbons (Fsp3) is 0.500. The molecule has 6 rings (SSSR count). The number of imidazole rings is 2. The Morgan fingerprint density at radius 2 is 1.19 bits per heavy atom. The first-order valence-corrected chi connectivity index (χ1v) is 19.3. The molecule has 0 bridgehead atoms. The van der Waals surface area contributed by atoms with Crippen LogP contribution in [0.4, 0.5) is 20.4 Å². The van der Waals surface area contributed by atoms with Crippen LogP contribution in [0.25, 0.3) is 22.3 Å². The Kier molecular flexibility index (Phi) is 11.1. The van der Waals surface area contributed by atoms with E-state index in [1.54, 1.807) is 0 Å². The van der Waals surface area contributed by atoms with Crippen LogP contribution >= 0.6 is 39.0 Å². The molecule has 3 unspecified atom stereocenters. The van der Waals surface area contributed by atoms with E-state index in [1.807, 2.05) is 0 Å². The molecular formula is C24H28F2N10O8P2S2. The number of ether oxygens (including phenoxy) is 2. The smallest absolute Gasteiger partial charge is 0.243 e. The van der Waals surface area contributed by atoms with E-state index in [4.69, 9.17) is 18.5 Å². The van der Waals surface area contributed by atoms with Gasteiger partial charge in [-0.2, -0.15) is 0 Å². The van der Waals surface area contributed by atoms with Crippen LogP contribution < -0.4 is 10.6 Å². The highest BCUT2D eigenvalue weighted by Crippen LogP contribution is 2.42. The van der Waals surface area contributed by atoms with Crippen molar-refractivity contribution in [2.75, 3.05) is 36.9 Å². The number of aromatic nitrogens is 8. The lowest BCUT2D eigenvalue weighted by Crippen LogP contribution is -2.31. The van der Waals surface area contributed by atoms with E-state index in [2.05, 4.69) is 76.9 Å². The number of alkyl halides is 2. The van der Waals surface area contributed by atoms with Gasteiger partial charge in [0.25, 0.3) is 0 Å². The van der Waals surface area contributed by atoms with Crippen LogP contribution in [0.15, 0.2) is 25.3 Å². The number of halogens is 2. The molecule has 6 heterocycles. The van der Waals surface area contributed by atoms with Crippen molar-refractivity contribution < 1.29 is 46.6 Å². The second-order valence-electron chi connectivity index (χ2n) is 10.2. The van der Waals surface area contributed by atoms with Crippen molar-refractivity contribution in [1.29, 1.82) is 0 Å². The number of nitrogens with zero attached hydrogens (tertiary/aromatic N) is 8. The average molecular weight is 749 g/mol. The van der Waals surface area contributed by atoms with Gasteiger partial charge in [0.15, 0.2) is 58.8 Å². The number of nitrogens with one attached hydrogen (secondary N) is 2. The number of aliphatic hydroxyl groups excluding tert-OH is 2. The minimum atomic E-state index is -2.80. The van der Waals surface area contributed by atoms with Crippen LogP contribution in [-0.4, -0.2) is 112 Å². The highest BCUT2D eigenvalue weighted by molar-refractivity contribution is 8.39. The van der Waals surface area contributed by atoms with Crippen molar-refractivity contribution in [1.82, 2.24) is 39.0 Å². The van der Waals surface area contributed by atoms with Crippen LogP contribution in [0.2, 0.25) is 0 Å². The van der Waals surface area contributed by atoms with Crippen LogP contribution in [-0.2, 0) is 27.7 Å². The van der Waals surface area contributed by atoms with Crippen molar-refractivity contribution in [3.8, 4) is 11.8 Å². The van der Waals surface area contributed by atoms with E-state index in [9.17, 15) is 19.3 Å². The molecule has 10 atom stereocenters. The summed E-state index contributed by atoms with van der Waals surface area (Å²) in [6.45, 7) is -0.832. The molecule has 18 nitrogen and oxygen atoms in total. The molecule has 0 aromatic carbocycles. The molecule has 0 radical (unpaired) electrons. The van der Waals surface area contributed by atoms with Gasteiger partial charge in [-0.1, -0.05) is 36.3 Å². The molecule has 24 heteroatoms. The fourth-order valence-electron chi connectivity index (χ4n) is 5.36. The number of rotatable bonds is 12. The van der Waals surface area contributed by atoms with Gasteiger partial charge in [0.05, 0.1) is 39.0 Å². The summed E-state index contributed by atoms with van der Waals surface area (Å²) in [5.41, 5.74) is 1.11. The zero-order chi connectivity index (χ0) is 33.9. The van der Waals surface area contributed by atoms with Crippen molar-refractivity contribution >= 4 is 72.9 Å². The largest absolute Gasteiger partial charge is 0.394 e. The second-order valence-corrected chi connectivity index (χ2v) is 14.0. The first-order valence-electron chi connectivity index (χ1n) is 14.1. The molecule has 0 saturated carbocycles. The van der Waals surface area contributed by atoms with Gasteiger partial charge in [-0.3, -0.25) is 18.3 Å². The molecule has 4 aromatic rings. The fourth-order valence-corrected chi connectivity index (χ4v) is 7.12. The van der Waals surface area contributed by atoms with E-state index in [0.717, 1.165) is 0 Å². The van der Waals surface area contributed by atoms with Gasteiger partial charge < -0.3 is 39.4 Å². The second kappa shape index (κ2) is 15.3. The molecular weight excluding hydrogens is 720 g/mol. The van der Waals surface area contributed by atoms with Crippen molar-refractivity contribution in [2.45, 2.75) is 49.2 Å². The van der Waals surface area contributed by atoms with Gasteiger partial charge in [-0.25, -0.2) is 38.7 Å².